The molecule has 0 aromatic heterocycles. The summed E-state index contributed by atoms with van der Waals surface area (Å²) in [6.07, 6.45) is 0.669. The Morgan fingerprint density at radius 2 is 1.35 bits per heavy atom. The van der Waals surface area contributed by atoms with Crippen molar-refractivity contribution in [2.45, 2.75) is 13.3 Å². The van der Waals surface area contributed by atoms with Crippen molar-refractivity contribution in [2.24, 2.45) is 17.4 Å². The van der Waals surface area contributed by atoms with E-state index in [0.717, 1.165) is 5.56 Å². The lowest BCUT2D eigenvalue weighted by atomic mass is 9.83. The van der Waals surface area contributed by atoms with Crippen molar-refractivity contribution in [3.05, 3.63) is 16.8 Å². The molecule has 1 aliphatic rings. The maximum atomic E-state index is 5.99. The van der Waals surface area contributed by atoms with Crippen LogP contribution in [0.3, 0.4) is 0 Å². The Balaban J connectivity index is 2.85. The van der Waals surface area contributed by atoms with Gasteiger partial charge in [-0.3, -0.25) is 0 Å². The number of nitrogen functional groups attached to an aromatic ring is 4. The third kappa shape index (κ3) is 1.33. The van der Waals surface area contributed by atoms with Crippen LogP contribution in [0.4, 0.5) is 22.7 Å². The van der Waals surface area contributed by atoms with E-state index in [4.69, 9.17) is 34.4 Å². The van der Waals surface area contributed by atoms with Crippen LogP contribution in [0, 0.1) is 5.92 Å². The Bertz CT molecular complexity index is 531. The molecule has 0 bridgehead atoms. The van der Waals surface area contributed by atoms with Crippen LogP contribution in [-0.2, 0) is 6.42 Å². The van der Waals surface area contributed by atoms with Crippen LogP contribution >= 0.6 is 0 Å². The van der Waals surface area contributed by atoms with E-state index in [1.54, 1.807) is 0 Å². The molecule has 1 unspecified atom stereocenters. The molecule has 0 spiro atoms. The minimum Gasteiger partial charge on any atom is -0.400 e. The van der Waals surface area contributed by atoms with Gasteiger partial charge in [-0.2, -0.15) is 0 Å². The third-order valence-electron chi connectivity index (χ3n) is 3.39. The summed E-state index contributed by atoms with van der Waals surface area (Å²) in [5, 5.41) is 0. The first kappa shape index (κ1) is 11.3. The lowest BCUT2D eigenvalue weighted by Crippen LogP contribution is -2.25. The predicted molar refractivity (Wildman–Crippen MR) is 72.3 cm³/mol. The van der Waals surface area contributed by atoms with E-state index in [-0.39, 0.29) is 11.6 Å². The van der Waals surface area contributed by atoms with E-state index < -0.39 is 0 Å². The number of rotatable bonds is 0. The van der Waals surface area contributed by atoms with Gasteiger partial charge in [-0.05, 0) is 12.0 Å². The van der Waals surface area contributed by atoms with E-state index in [9.17, 15) is 0 Å². The van der Waals surface area contributed by atoms with Gasteiger partial charge in [-0.25, -0.2) is 0 Å². The van der Waals surface area contributed by atoms with Gasteiger partial charge in [0, 0.05) is 17.2 Å². The summed E-state index contributed by atoms with van der Waals surface area (Å²) >= 11 is 0. The number of hydrogen-bond donors (Lipinski definition) is 6. The number of allylic oxidation sites excluding steroid dienone is 1. The van der Waals surface area contributed by atoms with Gasteiger partial charge in [0.25, 0.3) is 0 Å². The normalized spacial score (nSPS) is 19.2. The Morgan fingerprint density at radius 1 is 0.824 bits per heavy atom. The number of nitrogens with two attached hydrogens (primary N) is 6. The second kappa shape index (κ2) is 3.38. The molecule has 1 aromatic carbocycles. The molecule has 0 saturated heterocycles. The maximum Gasteiger partial charge on any atom is 0.0809 e. The first-order chi connectivity index (χ1) is 7.86. The van der Waals surface area contributed by atoms with Crippen LogP contribution in [0.15, 0.2) is 5.70 Å². The fourth-order valence-corrected chi connectivity index (χ4v) is 2.23. The Labute approximate surface area is 99.6 Å². The fourth-order valence-electron chi connectivity index (χ4n) is 2.23. The average molecular weight is 234 g/mol. The highest BCUT2D eigenvalue weighted by molar-refractivity contribution is 5.97. The summed E-state index contributed by atoms with van der Waals surface area (Å²) in [6, 6.07) is 0. The Hall–Kier alpha value is -2.24. The number of hydrogen-bond acceptors (Lipinski definition) is 6. The molecule has 0 radical (unpaired) electrons. The molecule has 1 atom stereocenters. The molecule has 0 amide bonds. The second-order valence-corrected chi connectivity index (χ2v) is 4.48. The maximum absolute atomic E-state index is 5.99. The molecule has 1 aliphatic carbocycles. The molecule has 0 saturated carbocycles. The Kier molecular flexibility index (Phi) is 2.23. The highest BCUT2D eigenvalue weighted by Crippen LogP contribution is 2.43. The topological polar surface area (TPSA) is 156 Å². The van der Waals surface area contributed by atoms with Gasteiger partial charge in [-0.1, -0.05) is 6.92 Å². The van der Waals surface area contributed by atoms with Crippen LogP contribution in [-0.4, -0.2) is 0 Å². The number of fused-ring (bicyclic) bond motifs is 1. The van der Waals surface area contributed by atoms with Crippen LogP contribution in [0.25, 0.3) is 5.70 Å². The van der Waals surface area contributed by atoms with Gasteiger partial charge < -0.3 is 34.4 Å². The molecular formula is C11H18N6. The largest absolute Gasteiger partial charge is 0.400 e. The van der Waals surface area contributed by atoms with Crippen molar-refractivity contribution in [2.75, 3.05) is 22.9 Å². The van der Waals surface area contributed by atoms with Crippen molar-refractivity contribution < 1.29 is 0 Å². The summed E-state index contributed by atoms with van der Waals surface area (Å²) < 4.78 is 0. The van der Waals surface area contributed by atoms with E-state index in [1.165, 1.54) is 0 Å². The van der Waals surface area contributed by atoms with Crippen molar-refractivity contribution in [1.29, 1.82) is 0 Å². The van der Waals surface area contributed by atoms with Crippen LogP contribution in [0.1, 0.15) is 18.1 Å². The molecule has 6 nitrogen and oxygen atoms in total. The van der Waals surface area contributed by atoms with Crippen molar-refractivity contribution >= 4 is 28.4 Å². The highest BCUT2D eigenvalue weighted by Gasteiger charge is 2.27. The number of anilines is 4. The fraction of sp³-hybridized carbons (Fsp3) is 0.273. The molecule has 6 heteroatoms. The lowest BCUT2D eigenvalue weighted by Gasteiger charge is -2.28. The van der Waals surface area contributed by atoms with Gasteiger partial charge in [0.15, 0.2) is 0 Å². The quantitative estimate of drug-likeness (QED) is 0.341. The predicted octanol–water partition coefficient (Wildman–Crippen LogP) is -0.206. The Morgan fingerprint density at radius 3 is 1.94 bits per heavy atom. The molecule has 92 valence electrons. The van der Waals surface area contributed by atoms with Crippen molar-refractivity contribution in [1.82, 2.24) is 0 Å². The molecule has 0 heterocycles. The molecule has 2 rings (SSSR count). The third-order valence-corrected chi connectivity index (χ3v) is 3.39. The highest BCUT2D eigenvalue weighted by atomic mass is 14.8. The lowest BCUT2D eigenvalue weighted by molar-refractivity contribution is 0.659. The van der Waals surface area contributed by atoms with Gasteiger partial charge in [0.2, 0.25) is 0 Å². The van der Waals surface area contributed by atoms with E-state index in [2.05, 4.69) is 0 Å². The van der Waals surface area contributed by atoms with Crippen LogP contribution in [0.2, 0.25) is 0 Å². The van der Waals surface area contributed by atoms with Gasteiger partial charge in [0.1, 0.15) is 0 Å². The molecule has 12 N–H and O–H groups in total. The van der Waals surface area contributed by atoms with Crippen LogP contribution in [0.5, 0.6) is 0 Å². The average Bonchev–Trinajstić information content (AvgIpc) is 2.30. The monoisotopic (exact) mass is 234 g/mol. The number of benzene rings is 1. The SMILES string of the molecule is CC1Cc2c(N)c(N)c(N)c(N)c2C(N)=C1N. The first-order valence-electron chi connectivity index (χ1n) is 5.36. The minimum absolute atomic E-state index is 0.118. The smallest absolute Gasteiger partial charge is 0.0809 e. The van der Waals surface area contributed by atoms with Gasteiger partial charge in [-0.15, -0.1) is 0 Å². The zero-order valence-corrected chi connectivity index (χ0v) is 9.75. The zero-order chi connectivity index (χ0) is 12.9. The summed E-state index contributed by atoms with van der Waals surface area (Å²) in [4.78, 5) is 0. The van der Waals surface area contributed by atoms with Gasteiger partial charge in [0.05, 0.1) is 28.4 Å². The van der Waals surface area contributed by atoms with Gasteiger partial charge >= 0.3 is 0 Å². The van der Waals surface area contributed by atoms with E-state index >= 15 is 0 Å². The molecule has 17 heavy (non-hydrogen) atoms. The van der Waals surface area contributed by atoms with Crippen molar-refractivity contribution in [3.63, 3.8) is 0 Å². The molecule has 0 fully saturated rings. The van der Waals surface area contributed by atoms with E-state index in [0.29, 0.717) is 40.4 Å². The minimum atomic E-state index is 0.118. The summed E-state index contributed by atoms with van der Waals surface area (Å²) in [5.41, 5.74) is 39.4. The van der Waals surface area contributed by atoms with Crippen molar-refractivity contribution in [3.8, 4) is 0 Å². The van der Waals surface area contributed by atoms with Crippen LogP contribution < -0.4 is 34.4 Å². The first-order valence-corrected chi connectivity index (χ1v) is 5.36. The summed E-state index contributed by atoms with van der Waals surface area (Å²) in [6.45, 7) is 1.98. The standard InChI is InChI=1S/C11H18N6/c1-3-2-4-5(8(14)6(3)12)9(15)11(17)10(16)7(4)13/h3H,2,12-17H2,1H3. The summed E-state index contributed by atoms with van der Waals surface area (Å²) in [5.74, 6) is 0.118. The zero-order valence-electron chi connectivity index (χ0n) is 9.75. The molecule has 0 aliphatic heterocycles. The van der Waals surface area contributed by atoms with E-state index in [1.807, 2.05) is 6.92 Å². The molecular weight excluding hydrogens is 216 g/mol. The molecule has 1 aromatic rings. The summed E-state index contributed by atoms with van der Waals surface area (Å²) in [7, 11) is 0. The second-order valence-electron chi connectivity index (χ2n) is 4.48.